The van der Waals surface area contributed by atoms with E-state index in [1.54, 1.807) is 0 Å². The number of aromatic nitrogens is 2. The Morgan fingerprint density at radius 1 is 1.41 bits per heavy atom. The Hall–Kier alpha value is -3.03. The van der Waals surface area contributed by atoms with Crippen LogP contribution in [-0.2, 0) is 24.8 Å². The first kappa shape index (κ1) is 20.7. The molecule has 3 rings (SSSR count). The fourth-order valence-electron chi connectivity index (χ4n) is 3.58. The van der Waals surface area contributed by atoms with Gasteiger partial charge in [-0.25, -0.2) is 4.99 Å². The summed E-state index contributed by atoms with van der Waals surface area (Å²) in [5, 5.41) is 7.67. The van der Waals surface area contributed by atoms with E-state index in [0.29, 0.717) is 18.2 Å². The fourth-order valence-corrected chi connectivity index (χ4v) is 3.58. The van der Waals surface area contributed by atoms with Crippen LogP contribution in [-0.4, -0.2) is 52.8 Å². The molecule has 1 aliphatic heterocycles. The first-order valence-electron chi connectivity index (χ1n) is 10.0. The Kier molecular flexibility index (Phi) is 7.10. The molecular formula is C21H30N6O2. The molecule has 8 nitrogen and oxygen atoms in total. The highest BCUT2D eigenvalue weighted by atomic mass is 16.5. The fraction of sp³-hybridized carbons (Fsp3) is 0.476. The van der Waals surface area contributed by atoms with Crippen LogP contribution in [0.3, 0.4) is 0 Å². The van der Waals surface area contributed by atoms with Crippen LogP contribution in [0.25, 0.3) is 0 Å². The zero-order valence-corrected chi connectivity index (χ0v) is 17.2. The minimum absolute atomic E-state index is 0.124. The number of benzene rings is 1. The molecule has 0 saturated carbocycles. The molecule has 0 aliphatic carbocycles. The molecule has 0 bridgehead atoms. The van der Waals surface area contributed by atoms with Gasteiger partial charge in [-0.1, -0.05) is 12.1 Å². The lowest BCUT2D eigenvalue weighted by atomic mass is 10.0. The third-order valence-corrected chi connectivity index (χ3v) is 4.89. The number of hydrogen-bond donors (Lipinski definition) is 2. The number of aliphatic imine (C=N–C) groups is 1. The standard InChI is InChI=1S/C21H30N6O2/c1-3-23-21(24-11-16-5-4-6-19(10-16)29-15-20(22)28)27-8-7-17(14-27)9-18-12-25-26(2)13-18/h4-6,10,12-13,17H,3,7-9,11,14-15H2,1-2H3,(H2,22,28)(H,23,24). The molecule has 1 fully saturated rings. The van der Waals surface area contributed by atoms with Crippen molar-refractivity contribution in [3.63, 3.8) is 0 Å². The highest BCUT2D eigenvalue weighted by molar-refractivity contribution is 5.80. The SMILES string of the molecule is CCNC(=NCc1cccc(OCC(N)=O)c1)N1CCC(Cc2cnn(C)c2)C1. The van der Waals surface area contributed by atoms with Crippen molar-refractivity contribution in [2.45, 2.75) is 26.3 Å². The molecule has 1 aromatic heterocycles. The maximum atomic E-state index is 10.9. The van der Waals surface area contributed by atoms with Crippen LogP contribution in [0.5, 0.6) is 5.75 Å². The van der Waals surface area contributed by atoms with Crippen molar-refractivity contribution < 1.29 is 9.53 Å². The zero-order valence-electron chi connectivity index (χ0n) is 17.2. The van der Waals surface area contributed by atoms with Crippen LogP contribution < -0.4 is 15.8 Å². The molecule has 2 heterocycles. The first-order valence-corrected chi connectivity index (χ1v) is 10.0. The molecule has 1 amide bonds. The van der Waals surface area contributed by atoms with Gasteiger partial charge in [-0.15, -0.1) is 0 Å². The van der Waals surface area contributed by atoms with Crippen molar-refractivity contribution in [1.29, 1.82) is 0 Å². The molecule has 1 unspecified atom stereocenters. The van der Waals surface area contributed by atoms with Crippen molar-refractivity contribution in [3.8, 4) is 5.75 Å². The zero-order chi connectivity index (χ0) is 20.6. The van der Waals surface area contributed by atoms with E-state index in [-0.39, 0.29) is 6.61 Å². The Bertz CT molecular complexity index is 847. The number of likely N-dealkylation sites (tertiary alicyclic amines) is 1. The van der Waals surface area contributed by atoms with Crippen LogP contribution in [0.2, 0.25) is 0 Å². The molecule has 1 saturated heterocycles. The lowest BCUT2D eigenvalue weighted by Crippen LogP contribution is -2.40. The number of nitrogens with zero attached hydrogens (tertiary/aromatic N) is 4. The van der Waals surface area contributed by atoms with Gasteiger partial charge in [0.1, 0.15) is 5.75 Å². The second-order valence-corrected chi connectivity index (χ2v) is 7.40. The number of aryl methyl sites for hydroxylation is 1. The molecular weight excluding hydrogens is 368 g/mol. The van der Waals surface area contributed by atoms with E-state index in [1.807, 2.05) is 42.2 Å². The summed E-state index contributed by atoms with van der Waals surface area (Å²) in [6.07, 6.45) is 6.24. The van der Waals surface area contributed by atoms with E-state index in [1.165, 1.54) is 5.56 Å². The number of ether oxygens (including phenoxy) is 1. The summed E-state index contributed by atoms with van der Waals surface area (Å²) in [6, 6.07) is 7.60. The Labute approximate surface area is 171 Å². The summed E-state index contributed by atoms with van der Waals surface area (Å²) in [4.78, 5) is 18.0. The van der Waals surface area contributed by atoms with E-state index in [4.69, 9.17) is 15.5 Å². The first-order chi connectivity index (χ1) is 14.0. The van der Waals surface area contributed by atoms with Gasteiger partial charge in [0.25, 0.3) is 5.91 Å². The molecule has 2 aromatic rings. The van der Waals surface area contributed by atoms with Gasteiger partial charge in [-0.2, -0.15) is 5.10 Å². The topological polar surface area (TPSA) is 97.8 Å². The quantitative estimate of drug-likeness (QED) is 0.516. The Balaban J connectivity index is 1.60. The minimum atomic E-state index is -0.488. The van der Waals surface area contributed by atoms with Crippen molar-refractivity contribution in [2.24, 2.45) is 23.7 Å². The Morgan fingerprint density at radius 3 is 3.00 bits per heavy atom. The molecule has 1 aromatic carbocycles. The highest BCUT2D eigenvalue weighted by Gasteiger charge is 2.25. The molecule has 0 radical (unpaired) electrons. The molecule has 156 valence electrons. The molecule has 1 atom stereocenters. The highest BCUT2D eigenvalue weighted by Crippen LogP contribution is 2.21. The largest absolute Gasteiger partial charge is 0.484 e. The van der Waals surface area contributed by atoms with E-state index >= 15 is 0 Å². The maximum Gasteiger partial charge on any atom is 0.255 e. The maximum absolute atomic E-state index is 10.9. The molecule has 1 aliphatic rings. The molecule has 29 heavy (non-hydrogen) atoms. The molecule has 8 heteroatoms. The second-order valence-electron chi connectivity index (χ2n) is 7.40. The summed E-state index contributed by atoms with van der Waals surface area (Å²) in [5.41, 5.74) is 7.44. The minimum Gasteiger partial charge on any atom is -0.484 e. The van der Waals surface area contributed by atoms with Crippen molar-refractivity contribution >= 4 is 11.9 Å². The van der Waals surface area contributed by atoms with Crippen molar-refractivity contribution in [1.82, 2.24) is 20.0 Å². The summed E-state index contributed by atoms with van der Waals surface area (Å²) in [7, 11) is 1.95. The van der Waals surface area contributed by atoms with Gasteiger partial charge in [0.15, 0.2) is 12.6 Å². The van der Waals surface area contributed by atoms with Gasteiger partial charge in [0.2, 0.25) is 0 Å². The van der Waals surface area contributed by atoms with Gasteiger partial charge in [0.05, 0.1) is 12.7 Å². The summed E-state index contributed by atoms with van der Waals surface area (Å²) < 4.78 is 7.23. The number of nitrogens with one attached hydrogen (secondary N) is 1. The summed E-state index contributed by atoms with van der Waals surface area (Å²) in [6.45, 7) is 5.31. The average Bonchev–Trinajstić information content (AvgIpc) is 3.33. The number of nitrogens with two attached hydrogens (primary N) is 1. The number of carbonyl (C=O) groups is 1. The second kappa shape index (κ2) is 9.95. The predicted octanol–water partition coefficient (Wildman–Crippen LogP) is 1.31. The van der Waals surface area contributed by atoms with Crippen LogP contribution in [0, 0.1) is 5.92 Å². The normalized spacial score (nSPS) is 16.8. The number of guanidine groups is 1. The Morgan fingerprint density at radius 2 is 2.28 bits per heavy atom. The third-order valence-electron chi connectivity index (χ3n) is 4.89. The molecule has 3 N–H and O–H groups in total. The number of amides is 1. The van der Waals surface area contributed by atoms with Crippen molar-refractivity contribution in [2.75, 3.05) is 26.2 Å². The number of carbonyl (C=O) groups excluding carboxylic acids is 1. The van der Waals surface area contributed by atoms with Crippen LogP contribution in [0.1, 0.15) is 24.5 Å². The van der Waals surface area contributed by atoms with E-state index in [9.17, 15) is 4.79 Å². The van der Waals surface area contributed by atoms with E-state index in [0.717, 1.165) is 44.0 Å². The van der Waals surface area contributed by atoms with Crippen LogP contribution in [0.4, 0.5) is 0 Å². The van der Waals surface area contributed by atoms with E-state index in [2.05, 4.69) is 28.4 Å². The van der Waals surface area contributed by atoms with Crippen LogP contribution in [0.15, 0.2) is 41.7 Å². The van der Waals surface area contributed by atoms with Gasteiger partial charge >= 0.3 is 0 Å². The molecule has 0 spiro atoms. The lowest BCUT2D eigenvalue weighted by Gasteiger charge is -2.21. The number of primary amides is 1. The summed E-state index contributed by atoms with van der Waals surface area (Å²) in [5.74, 6) is 1.68. The average molecular weight is 399 g/mol. The van der Waals surface area contributed by atoms with Crippen LogP contribution >= 0.6 is 0 Å². The number of rotatable bonds is 8. The van der Waals surface area contributed by atoms with Gasteiger partial charge in [-0.05, 0) is 48.9 Å². The summed E-state index contributed by atoms with van der Waals surface area (Å²) >= 11 is 0. The lowest BCUT2D eigenvalue weighted by molar-refractivity contribution is -0.119. The third kappa shape index (κ3) is 6.23. The van der Waals surface area contributed by atoms with Crippen molar-refractivity contribution in [3.05, 3.63) is 47.8 Å². The van der Waals surface area contributed by atoms with Gasteiger partial charge < -0.3 is 20.7 Å². The number of hydrogen-bond acceptors (Lipinski definition) is 4. The van der Waals surface area contributed by atoms with Gasteiger partial charge in [0, 0.05) is 32.9 Å². The predicted molar refractivity (Wildman–Crippen MR) is 113 cm³/mol. The van der Waals surface area contributed by atoms with Gasteiger partial charge in [-0.3, -0.25) is 9.48 Å². The van der Waals surface area contributed by atoms with E-state index < -0.39 is 5.91 Å². The monoisotopic (exact) mass is 398 g/mol. The smallest absolute Gasteiger partial charge is 0.255 e.